The smallest absolute Gasteiger partial charge is 0.164 e. The highest BCUT2D eigenvalue weighted by Gasteiger charge is 2.46. The summed E-state index contributed by atoms with van der Waals surface area (Å²) < 4.78 is 24.0. The molecule has 2 aliphatic rings. The first-order chi connectivity index (χ1) is 13.1. The molecule has 2 fully saturated rings. The first kappa shape index (κ1) is 21.6. The van der Waals surface area contributed by atoms with E-state index in [2.05, 4.69) is 23.8 Å². The monoisotopic (exact) mass is 394 g/mol. The summed E-state index contributed by atoms with van der Waals surface area (Å²) in [5.41, 5.74) is 1.32. The first-order valence-corrected chi connectivity index (χ1v) is 10.3. The van der Waals surface area contributed by atoms with Crippen molar-refractivity contribution >= 4 is 0 Å². The lowest BCUT2D eigenvalue weighted by atomic mass is 9.95. The maximum absolute atomic E-state index is 10.6. The minimum Gasteiger partial charge on any atom is -0.387 e. The Labute approximate surface area is 167 Å². The largest absolute Gasteiger partial charge is 0.387 e. The minimum absolute atomic E-state index is 0.0755. The van der Waals surface area contributed by atoms with Gasteiger partial charge in [-0.25, -0.2) is 0 Å². The molecule has 0 bridgehead atoms. The summed E-state index contributed by atoms with van der Waals surface area (Å²) in [5, 5.41) is 10.6. The molecule has 0 radical (unpaired) electrons. The summed E-state index contributed by atoms with van der Waals surface area (Å²) in [4.78, 5) is 9.16. The van der Waals surface area contributed by atoms with Crippen LogP contribution < -0.4 is 0 Å². The molecule has 3 rings (SSSR count). The Kier molecular flexibility index (Phi) is 6.13. The molecule has 7 heteroatoms. The van der Waals surface area contributed by atoms with Crippen LogP contribution >= 0.6 is 0 Å². The Bertz CT molecular complexity index is 642. The van der Waals surface area contributed by atoms with Crippen molar-refractivity contribution < 1.29 is 24.1 Å². The number of ether oxygens (including phenoxy) is 4. The lowest BCUT2D eigenvalue weighted by Crippen LogP contribution is -2.50. The van der Waals surface area contributed by atoms with Crippen molar-refractivity contribution in [3.63, 3.8) is 0 Å². The average Bonchev–Trinajstić information content (AvgIpc) is 2.98. The Morgan fingerprint density at radius 1 is 0.929 bits per heavy atom. The predicted molar refractivity (Wildman–Crippen MR) is 103 cm³/mol. The van der Waals surface area contributed by atoms with E-state index in [1.165, 1.54) is 0 Å². The van der Waals surface area contributed by atoms with Crippen LogP contribution in [0.15, 0.2) is 12.4 Å². The molecule has 1 N–H and O–H groups in total. The summed E-state index contributed by atoms with van der Waals surface area (Å²) >= 11 is 0. The van der Waals surface area contributed by atoms with E-state index in [0.717, 1.165) is 12.1 Å². The highest BCUT2D eigenvalue weighted by Crippen LogP contribution is 2.42. The normalized spacial score (nSPS) is 35.6. The van der Waals surface area contributed by atoms with Crippen LogP contribution in [0.2, 0.25) is 0 Å². The van der Waals surface area contributed by atoms with Crippen LogP contribution in [-0.2, 0) is 18.9 Å². The van der Waals surface area contributed by atoms with Gasteiger partial charge in [-0.15, -0.1) is 0 Å². The number of aliphatic hydroxyl groups is 1. The summed E-state index contributed by atoms with van der Waals surface area (Å²) in [7, 11) is 0. The number of rotatable bonds is 5. The molecule has 2 saturated heterocycles. The van der Waals surface area contributed by atoms with Crippen molar-refractivity contribution in [2.75, 3.05) is 0 Å². The van der Waals surface area contributed by atoms with Crippen LogP contribution in [0.5, 0.6) is 0 Å². The van der Waals surface area contributed by atoms with Crippen molar-refractivity contribution in [2.24, 2.45) is 5.92 Å². The van der Waals surface area contributed by atoms with Gasteiger partial charge in [-0.05, 0) is 40.0 Å². The fourth-order valence-electron chi connectivity index (χ4n) is 3.90. The maximum atomic E-state index is 10.6. The van der Waals surface area contributed by atoms with Gasteiger partial charge in [0.05, 0.1) is 36.0 Å². The predicted octanol–water partition coefficient (Wildman–Crippen LogP) is 3.68. The third-order valence-corrected chi connectivity index (χ3v) is 5.55. The van der Waals surface area contributed by atoms with Gasteiger partial charge >= 0.3 is 0 Å². The summed E-state index contributed by atoms with van der Waals surface area (Å²) in [5.74, 6) is -1.11. The Hall–Kier alpha value is -1.12. The Morgan fingerprint density at radius 3 is 2.00 bits per heavy atom. The second-order valence-electron chi connectivity index (χ2n) is 8.77. The van der Waals surface area contributed by atoms with E-state index >= 15 is 0 Å². The zero-order valence-electron chi connectivity index (χ0n) is 18.0. The molecular formula is C21H34N2O5. The van der Waals surface area contributed by atoms with Gasteiger partial charge in [0.1, 0.15) is 18.3 Å². The van der Waals surface area contributed by atoms with Crippen LogP contribution in [0.1, 0.15) is 84.9 Å². The molecule has 28 heavy (non-hydrogen) atoms. The fraction of sp³-hybridized carbons (Fsp3) is 0.810. The molecular weight excluding hydrogens is 360 g/mol. The van der Waals surface area contributed by atoms with E-state index in [1.54, 1.807) is 12.4 Å². The highest BCUT2D eigenvalue weighted by molar-refractivity contribution is 5.13. The van der Waals surface area contributed by atoms with Gasteiger partial charge in [0, 0.05) is 0 Å². The van der Waals surface area contributed by atoms with Gasteiger partial charge < -0.3 is 24.1 Å². The van der Waals surface area contributed by atoms with E-state index in [9.17, 15) is 5.11 Å². The Balaban J connectivity index is 1.83. The van der Waals surface area contributed by atoms with Crippen molar-refractivity contribution in [1.82, 2.24) is 9.97 Å². The molecule has 3 heterocycles. The van der Waals surface area contributed by atoms with Gasteiger partial charge in [-0.1, -0.05) is 27.2 Å². The van der Waals surface area contributed by atoms with Crippen LogP contribution in [0, 0.1) is 5.92 Å². The summed E-state index contributed by atoms with van der Waals surface area (Å²) in [6.07, 6.45) is 3.02. The number of hydrogen-bond acceptors (Lipinski definition) is 7. The SMILES string of the molecule is CCC(C)C1OC(C)(C)OC1c1cnc(C2OC(C)(C)OC(CC)C2O)cn1. The van der Waals surface area contributed by atoms with Gasteiger partial charge in [0.25, 0.3) is 0 Å². The highest BCUT2D eigenvalue weighted by atomic mass is 16.8. The standard InChI is InChI=1S/C21H34N2O5/c1-8-12(3)17-19(28-21(6,7)26-17)14-11-22-13(10-23-14)18-16(24)15(9-2)25-20(4,5)27-18/h10-12,15-19,24H,8-9H2,1-7H3. The molecule has 1 aromatic heterocycles. The topological polar surface area (TPSA) is 82.9 Å². The second-order valence-corrected chi connectivity index (χ2v) is 8.77. The van der Waals surface area contributed by atoms with Gasteiger partial charge in [0.15, 0.2) is 11.6 Å². The third kappa shape index (κ3) is 4.39. The number of nitrogens with zero attached hydrogens (tertiary/aromatic N) is 2. The van der Waals surface area contributed by atoms with Crippen molar-refractivity contribution in [1.29, 1.82) is 0 Å². The molecule has 1 aromatic rings. The molecule has 6 unspecified atom stereocenters. The molecule has 0 aromatic carbocycles. The molecule has 7 nitrogen and oxygen atoms in total. The van der Waals surface area contributed by atoms with E-state index in [-0.39, 0.29) is 18.3 Å². The van der Waals surface area contributed by atoms with Crippen LogP contribution in [-0.4, -0.2) is 45.0 Å². The van der Waals surface area contributed by atoms with E-state index in [1.807, 2.05) is 34.6 Å². The molecule has 0 aliphatic carbocycles. The third-order valence-electron chi connectivity index (χ3n) is 5.55. The maximum Gasteiger partial charge on any atom is 0.164 e. The second kappa shape index (κ2) is 7.95. The minimum atomic E-state index is -0.795. The zero-order chi connectivity index (χ0) is 20.7. The van der Waals surface area contributed by atoms with Crippen LogP contribution in [0.3, 0.4) is 0 Å². The van der Waals surface area contributed by atoms with E-state index < -0.39 is 23.8 Å². The number of hydrogen-bond donors (Lipinski definition) is 1. The molecule has 0 amide bonds. The number of aromatic nitrogens is 2. The van der Waals surface area contributed by atoms with Gasteiger partial charge in [-0.3, -0.25) is 9.97 Å². The van der Waals surface area contributed by atoms with Gasteiger partial charge in [0.2, 0.25) is 0 Å². The molecule has 0 saturated carbocycles. The van der Waals surface area contributed by atoms with E-state index in [4.69, 9.17) is 18.9 Å². The first-order valence-electron chi connectivity index (χ1n) is 10.3. The van der Waals surface area contributed by atoms with Crippen molar-refractivity contribution in [3.8, 4) is 0 Å². The number of aliphatic hydroxyl groups excluding tert-OH is 1. The van der Waals surface area contributed by atoms with Crippen LogP contribution in [0.4, 0.5) is 0 Å². The lowest BCUT2D eigenvalue weighted by Gasteiger charge is -2.43. The molecule has 0 spiro atoms. The summed E-state index contributed by atoms with van der Waals surface area (Å²) in [6.45, 7) is 13.8. The quantitative estimate of drug-likeness (QED) is 0.815. The van der Waals surface area contributed by atoms with Crippen molar-refractivity contribution in [2.45, 2.75) is 103 Å². The zero-order valence-corrected chi connectivity index (χ0v) is 18.0. The van der Waals surface area contributed by atoms with Crippen molar-refractivity contribution in [3.05, 3.63) is 23.8 Å². The summed E-state index contributed by atoms with van der Waals surface area (Å²) in [6, 6.07) is 0. The molecule has 158 valence electrons. The Morgan fingerprint density at radius 2 is 1.46 bits per heavy atom. The lowest BCUT2D eigenvalue weighted by molar-refractivity contribution is -0.336. The fourth-order valence-corrected chi connectivity index (χ4v) is 3.90. The molecule has 6 atom stereocenters. The molecule has 2 aliphatic heterocycles. The van der Waals surface area contributed by atoms with Crippen LogP contribution in [0.25, 0.3) is 0 Å². The average molecular weight is 395 g/mol. The van der Waals surface area contributed by atoms with Gasteiger partial charge in [-0.2, -0.15) is 0 Å². The van der Waals surface area contributed by atoms with E-state index in [0.29, 0.717) is 18.0 Å².